The Hall–Kier alpha value is 0.150. The zero-order valence-electron chi connectivity index (χ0n) is 9.22. The largest absolute Gasteiger partial charge is 0.282 e. The van der Waals surface area contributed by atoms with Crippen LogP contribution < -0.4 is 0 Å². The van der Waals surface area contributed by atoms with Crippen LogP contribution in [0.25, 0.3) is 0 Å². The van der Waals surface area contributed by atoms with Crippen LogP contribution in [0, 0.1) is 5.92 Å². The topological polar surface area (TPSA) is 17.1 Å². The van der Waals surface area contributed by atoms with Crippen molar-refractivity contribution in [1.82, 2.24) is 0 Å². The van der Waals surface area contributed by atoms with Gasteiger partial charge >= 0.3 is 0 Å². The maximum absolute atomic E-state index is 12.1. The van der Waals surface area contributed by atoms with Gasteiger partial charge in [0.2, 0.25) is 0 Å². The molecule has 1 nitrogen and oxygen atoms in total. The van der Waals surface area contributed by atoms with Crippen LogP contribution >= 0.6 is 0 Å². The molecule has 0 aromatic rings. The van der Waals surface area contributed by atoms with Crippen LogP contribution in [0.1, 0.15) is 33.6 Å². The van der Waals surface area contributed by atoms with Gasteiger partial charge in [-0.2, -0.15) is 0 Å². The van der Waals surface area contributed by atoms with Gasteiger partial charge in [0.1, 0.15) is 0 Å². The van der Waals surface area contributed by atoms with Crippen molar-refractivity contribution < 1.29 is 4.21 Å². The van der Waals surface area contributed by atoms with E-state index in [1.54, 1.807) is 0 Å². The van der Waals surface area contributed by atoms with Crippen LogP contribution in [0.5, 0.6) is 0 Å². The van der Waals surface area contributed by atoms with E-state index in [1.807, 2.05) is 19.4 Å². The summed E-state index contributed by atoms with van der Waals surface area (Å²) in [6, 6.07) is 0. The van der Waals surface area contributed by atoms with Gasteiger partial charge in [-0.1, -0.05) is 36.3 Å². The summed E-state index contributed by atoms with van der Waals surface area (Å²) >= 11 is 0. The van der Waals surface area contributed by atoms with Crippen molar-refractivity contribution in [3.8, 4) is 0 Å². The van der Waals surface area contributed by atoms with Crippen molar-refractivity contribution in [2.24, 2.45) is 5.92 Å². The third-order valence-electron chi connectivity index (χ3n) is 2.46. The molecule has 0 unspecified atom stereocenters. The molecular formula is C10H24OS. The van der Waals surface area contributed by atoms with E-state index in [-0.39, 0.29) is 0 Å². The molecule has 76 valence electrons. The molecule has 0 aromatic carbocycles. The summed E-state index contributed by atoms with van der Waals surface area (Å²) in [5.41, 5.74) is 0. The second-order valence-electron chi connectivity index (χ2n) is 4.86. The molecule has 0 saturated heterocycles. The quantitative estimate of drug-likeness (QED) is 0.654. The van der Waals surface area contributed by atoms with Crippen LogP contribution in [-0.4, -0.2) is 28.2 Å². The van der Waals surface area contributed by atoms with E-state index in [0.717, 1.165) is 23.8 Å². The molecule has 0 amide bonds. The van der Waals surface area contributed by atoms with Gasteiger partial charge in [0.05, 0.1) is 0 Å². The lowest BCUT2D eigenvalue weighted by Gasteiger charge is -2.32. The first kappa shape index (κ1) is 12.2. The molecule has 0 atom stereocenters. The van der Waals surface area contributed by atoms with Crippen molar-refractivity contribution in [3.63, 3.8) is 0 Å². The Kier molecular flexibility index (Phi) is 3.95. The molecule has 12 heavy (non-hydrogen) atoms. The molecule has 0 bridgehead atoms. The van der Waals surface area contributed by atoms with E-state index in [1.165, 1.54) is 6.42 Å². The first-order valence-corrected chi connectivity index (χ1v) is 7.95. The van der Waals surface area contributed by atoms with Crippen molar-refractivity contribution in [1.29, 1.82) is 0 Å². The van der Waals surface area contributed by atoms with Crippen molar-refractivity contribution >= 4 is 9.07 Å². The summed E-state index contributed by atoms with van der Waals surface area (Å²) in [6.45, 7) is 6.47. The van der Waals surface area contributed by atoms with Gasteiger partial charge < -0.3 is 0 Å². The summed E-state index contributed by atoms with van der Waals surface area (Å²) < 4.78 is 12.1. The third kappa shape index (κ3) is 5.76. The highest BCUT2D eigenvalue weighted by Gasteiger charge is 2.21. The first-order chi connectivity index (χ1) is 5.24. The Morgan fingerprint density at radius 2 is 1.75 bits per heavy atom. The van der Waals surface area contributed by atoms with Crippen molar-refractivity contribution in [2.75, 3.05) is 24.0 Å². The normalized spacial score (nSPS) is 16.0. The van der Waals surface area contributed by atoms with Gasteiger partial charge in [-0.15, -0.1) is 0 Å². The number of hydrogen-bond donors (Lipinski definition) is 0. The minimum absolute atomic E-state index is 0.741. The van der Waals surface area contributed by atoms with Crippen LogP contribution in [0.15, 0.2) is 0 Å². The molecule has 0 rings (SSSR count). The molecule has 0 aliphatic rings. The summed E-state index contributed by atoms with van der Waals surface area (Å²) in [4.78, 5) is 0. The Labute approximate surface area is 77.3 Å². The second-order valence-corrected chi connectivity index (χ2v) is 10.5. The van der Waals surface area contributed by atoms with E-state index in [2.05, 4.69) is 13.8 Å². The summed E-state index contributed by atoms with van der Waals surface area (Å²) in [7, 11) is -2.22. The number of rotatable bonds is 5. The molecule has 0 heterocycles. The lowest BCUT2D eigenvalue weighted by atomic mass is 10.1. The van der Waals surface area contributed by atoms with Gasteiger partial charge in [0.15, 0.2) is 0 Å². The fourth-order valence-electron chi connectivity index (χ4n) is 1.09. The zero-order chi connectivity index (χ0) is 9.85. The lowest BCUT2D eigenvalue weighted by molar-refractivity contribution is 0.572. The predicted molar refractivity (Wildman–Crippen MR) is 59.5 cm³/mol. The van der Waals surface area contributed by atoms with E-state index < -0.39 is 9.07 Å². The van der Waals surface area contributed by atoms with Crippen LogP contribution in [0.2, 0.25) is 0 Å². The maximum Gasteiger partial charge on any atom is 0.00316 e. The van der Waals surface area contributed by atoms with Crippen LogP contribution in [-0.2, 0) is 9.07 Å². The molecule has 0 saturated carbocycles. The Morgan fingerprint density at radius 1 is 1.25 bits per heavy atom. The Balaban J connectivity index is 3.85. The summed E-state index contributed by atoms with van der Waals surface area (Å²) in [6.07, 6.45) is 6.20. The Bertz CT molecular complexity index is 188. The van der Waals surface area contributed by atoms with Crippen molar-refractivity contribution in [3.05, 3.63) is 0 Å². The maximum atomic E-state index is 12.1. The third-order valence-corrected chi connectivity index (χ3v) is 5.82. The van der Waals surface area contributed by atoms with E-state index in [9.17, 15) is 4.21 Å². The lowest BCUT2D eigenvalue weighted by Crippen LogP contribution is -2.36. The van der Waals surface area contributed by atoms with Gasteiger partial charge in [-0.05, 0) is 24.9 Å². The fraction of sp³-hybridized carbons (Fsp3) is 1.00. The minimum atomic E-state index is -2.22. The SMILES string of the molecule is CCS(C)(C)(=O)CCCC(C)C. The summed E-state index contributed by atoms with van der Waals surface area (Å²) in [5, 5.41) is 0. The average molecular weight is 192 g/mol. The van der Waals surface area contributed by atoms with Crippen LogP contribution in [0.4, 0.5) is 0 Å². The van der Waals surface area contributed by atoms with Crippen LogP contribution in [0.3, 0.4) is 0 Å². The molecule has 0 fully saturated rings. The molecule has 0 N–H and O–H groups in total. The smallest absolute Gasteiger partial charge is 0.00316 e. The fourth-order valence-corrected chi connectivity index (χ4v) is 2.44. The molecule has 0 spiro atoms. The molecule has 0 aliphatic heterocycles. The highest BCUT2D eigenvalue weighted by Crippen LogP contribution is 2.20. The molecular weight excluding hydrogens is 168 g/mol. The van der Waals surface area contributed by atoms with Gasteiger partial charge in [-0.3, -0.25) is 4.21 Å². The Morgan fingerprint density at radius 3 is 2.08 bits per heavy atom. The minimum Gasteiger partial charge on any atom is -0.282 e. The molecule has 0 aromatic heterocycles. The first-order valence-electron chi connectivity index (χ1n) is 4.83. The van der Waals surface area contributed by atoms with E-state index in [0.29, 0.717) is 0 Å². The highest BCUT2D eigenvalue weighted by atomic mass is 32.3. The molecule has 0 aliphatic carbocycles. The van der Waals surface area contributed by atoms with E-state index in [4.69, 9.17) is 0 Å². The van der Waals surface area contributed by atoms with Gasteiger partial charge in [0, 0.05) is 11.5 Å². The monoisotopic (exact) mass is 192 g/mol. The highest BCUT2D eigenvalue weighted by molar-refractivity contribution is 8.18. The average Bonchev–Trinajstić information content (AvgIpc) is 1.86. The molecule has 2 heteroatoms. The van der Waals surface area contributed by atoms with Gasteiger partial charge in [-0.25, -0.2) is 0 Å². The summed E-state index contributed by atoms with van der Waals surface area (Å²) in [5.74, 6) is 2.48. The van der Waals surface area contributed by atoms with E-state index >= 15 is 0 Å². The predicted octanol–water partition coefficient (Wildman–Crippen LogP) is 2.52. The standard InChI is InChI=1S/C10H24OS/c1-6-12(4,5,11)9-7-8-10(2)3/h10H,6-9H2,1-5H3. The van der Waals surface area contributed by atoms with Crippen molar-refractivity contribution in [2.45, 2.75) is 33.6 Å². The number of hydrogen-bond acceptors (Lipinski definition) is 1. The second kappa shape index (κ2) is 3.91. The van der Waals surface area contributed by atoms with Gasteiger partial charge in [0.25, 0.3) is 0 Å². The molecule has 0 radical (unpaired) electrons. The zero-order valence-corrected chi connectivity index (χ0v) is 10.0.